The normalized spacial score (nSPS) is 25.5. The predicted molar refractivity (Wildman–Crippen MR) is 213 cm³/mol. The second-order valence-electron chi connectivity index (χ2n) is 14.3. The molecule has 0 bridgehead atoms. The fourth-order valence-electron chi connectivity index (χ4n) is 9.09. The Bertz CT molecular complexity index is 2430. The van der Waals surface area contributed by atoms with Crippen molar-refractivity contribution in [3.05, 3.63) is 127 Å². The number of halogens is 6. The molecule has 1 saturated carbocycles. The number of rotatable bonds is 7. The molecule has 2 aliphatic heterocycles. The number of nitrogens with zero attached hydrogens (tertiary/aromatic N) is 3. The van der Waals surface area contributed by atoms with Crippen LogP contribution in [0.3, 0.4) is 0 Å². The van der Waals surface area contributed by atoms with E-state index >= 15 is 4.79 Å². The van der Waals surface area contributed by atoms with Crippen LogP contribution in [-0.2, 0) is 30.8 Å². The van der Waals surface area contributed by atoms with E-state index in [1.807, 2.05) is 28.7 Å². The lowest BCUT2D eigenvalue weighted by molar-refractivity contribution is -0.139. The zero-order valence-electron chi connectivity index (χ0n) is 29.7. The van der Waals surface area contributed by atoms with Gasteiger partial charge in [0.05, 0.1) is 50.1 Å². The first-order valence-electron chi connectivity index (χ1n) is 17.6. The zero-order valence-corrected chi connectivity index (χ0v) is 33.4. The van der Waals surface area contributed by atoms with Crippen LogP contribution < -0.4 is 15.1 Å². The minimum absolute atomic E-state index is 0.0579. The number of phenols is 1. The van der Waals surface area contributed by atoms with Gasteiger partial charge in [-0.15, -0.1) is 0 Å². The molecule has 10 nitrogen and oxygen atoms in total. The lowest BCUT2D eigenvalue weighted by Crippen LogP contribution is -2.53. The molecule has 3 aromatic carbocycles. The molecule has 16 heteroatoms. The predicted octanol–water partition coefficient (Wildman–Crippen LogP) is 8.56. The molecule has 0 spiro atoms. The van der Waals surface area contributed by atoms with Gasteiger partial charge in [-0.3, -0.25) is 29.5 Å². The molecule has 2 saturated heterocycles. The van der Waals surface area contributed by atoms with Crippen molar-refractivity contribution in [3.63, 3.8) is 0 Å². The number of benzene rings is 3. The van der Waals surface area contributed by atoms with E-state index < -0.39 is 75.4 Å². The van der Waals surface area contributed by atoms with E-state index in [9.17, 15) is 32.7 Å². The minimum atomic E-state index is -4.76. The van der Waals surface area contributed by atoms with Crippen LogP contribution >= 0.6 is 45.8 Å². The van der Waals surface area contributed by atoms with Crippen molar-refractivity contribution in [1.82, 2.24) is 9.99 Å². The van der Waals surface area contributed by atoms with Gasteiger partial charge in [0.25, 0.3) is 11.8 Å². The first kappa shape index (κ1) is 38.9. The summed E-state index contributed by atoms with van der Waals surface area (Å²) in [4.78, 5) is 64.0. The maximum absolute atomic E-state index is 15.4. The van der Waals surface area contributed by atoms with Crippen LogP contribution in [0.5, 0.6) is 11.5 Å². The van der Waals surface area contributed by atoms with E-state index in [-0.39, 0.29) is 30.2 Å². The van der Waals surface area contributed by atoms with Crippen molar-refractivity contribution in [3.8, 4) is 11.5 Å². The number of phenolic OH excluding ortho intramolecular Hbond substituents is 1. The number of aromatic nitrogens is 1. The van der Waals surface area contributed by atoms with Crippen molar-refractivity contribution < 1.29 is 42.2 Å². The number of nitrogens with one attached hydrogen (secondary N) is 1. The number of methoxy groups -OCH3 is 1. The van der Waals surface area contributed by atoms with Crippen LogP contribution in [0.4, 0.5) is 24.7 Å². The second kappa shape index (κ2) is 14.2. The lowest BCUT2D eigenvalue weighted by Gasteiger charge is -2.50. The number of carbonyl (C=O) groups is 4. The molecular formula is C41H30Cl2F3IN4O6. The van der Waals surface area contributed by atoms with Crippen molar-refractivity contribution in [2.75, 3.05) is 17.4 Å². The second-order valence-corrected chi connectivity index (χ2v) is 16.3. The maximum atomic E-state index is 15.4. The van der Waals surface area contributed by atoms with E-state index in [0.29, 0.717) is 43.2 Å². The number of amides is 4. The summed E-state index contributed by atoms with van der Waals surface area (Å²) in [6.45, 7) is 3.77. The van der Waals surface area contributed by atoms with Gasteiger partial charge in [0.15, 0.2) is 17.3 Å². The zero-order chi connectivity index (χ0) is 40.7. The van der Waals surface area contributed by atoms with Gasteiger partial charge in [0.2, 0.25) is 11.8 Å². The van der Waals surface area contributed by atoms with Crippen LogP contribution in [0.1, 0.15) is 41.0 Å². The molecule has 8 rings (SSSR count). The number of hydrogen-bond acceptors (Lipinski definition) is 8. The monoisotopic (exact) mass is 928 g/mol. The van der Waals surface area contributed by atoms with E-state index in [0.717, 1.165) is 10.6 Å². The number of alkyl halides is 3. The molecule has 6 atom stereocenters. The number of allylic oxidation sites excluding steroid dienone is 2. The third-order valence-corrected chi connectivity index (χ3v) is 12.9. The number of fused-ring (bicyclic) bond motifs is 4. The summed E-state index contributed by atoms with van der Waals surface area (Å²) in [6, 6.07) is 17.1. The van der Waals surface area contributed by atoms with Crippen molar-refractivity contribution in [2.24, 2.45) is 23.7 Å². The van der Waals surface area contributed by atoms with Crippen molar-refractivity contribution in [2.45, 2.75) is 30.4 Å². The highest BCUT2D eigenvalue weighted by atomic mass is 127. The fraction of sp³-hybridized carbons (Fsp3) is 0.244. The van der Waals surface area contributed by atoms with Crippen LogP contribution in [0, 0.1) is 27.2 Å². The highest BCUT2D eigenvalue weighted by Crippen LogP contribution is 2.64. The summed E-state index contributed by atoms with van der Waals surface area (Å²) >= 11 is 14.6. The Morgan fingerprint density at radius 1 is 1.00 bits per heavy atom. The van der Waals surface area contributed by atoms with Gasteiger partial charge >= 0.3 is 6.18 Å². The van der Waals surface area contributed by atoms with Gasteiger partial charge in [-0.1, -0.05) is 71.8 Å². The van der Waals surface area contributed by atoms with Crippen LogP contribution in [0.25, 0.3) is 6.08 Å². The topological polar surface area (TPSA) is 129 Å². The summed E-state index contributed by atoms with van der Waals surface area (Å²) in [5.41, 5.74) is 2.38. The van der Waals surface area contributed by atoms with Gasteiger partial charge < -0.3 is 9.84 Å². The van der Waals surface area contributed by atoms with Crippen LogP contribution in [-0.4, -0.2) is 45.8 Å². The lowest BCUT2D eigenvalue weighted by atomic mass is 9.49. The molecule has 4 amide bonds. The summed E-state index contributed by atoms with van der Waals surface area (Å²) in [5, 5.41) is 11.5. The molecule has 292 valence electrons. The summed E-state index contributed by atoms with van der Waals surface area (Å²) in [6.07, 6.45) is -0.619. The van der Waals surface area contributed by atoms with Gasteiger partial charge in [-0.05, 0) is 101 Å². The molecule has 3 fully saturated rings. The molecule has 4 aliphatic rings. The molecule has 2 N–H and O–H groups in total. The standard InChI is InChI=1S/C41H30Cl2F3IN4O6/c1-3-19-4-10-24(11-5-19)50-36(53)26-13-12-25-27(32(26)38(50)55)17-28-37(54)51(49-35-29(43)16-22(18-48-35)41(44,45)46)39(56)40(28,21-6-8-23(42)9-7-21)33(25)20-14-30(47)34(52)31(15-20)57-2/h3-12,14-16,18,26-28,32-33,52H,1,13,17H2,2H3,(H,48,49). The number of imide groups is 2. The van der Waals surface area contributed by atoms with Crippen LogP contribution in [0.15, 0.2) is 91.2 Å². The summed E-state index contributed by atoms with van der Waals surface area (Å²) in [5.74, 6) is -7.42. The maximum Gasteiger partial charge on any atom is 0.417 e. The Kier molecular flexibility index (Phi) is 9.67. The average molecular weight is 930 g/mol. The summed E-state index contributed by atoms with van der Waals surface area (Å²) < 4.78 is 46.5. The van der Waals surface area contributed by atoms with Gasteiger partial charge in [0.1, 0.15) is 0 Å². The number of hydrogen-bond donors (Lipinski definition) is 2. The van der Waals surface area contributed by atoms with Gasteiger partial charge in [-0.2, -0.15) is 18.2 Å². The SMILES string of the molecule is C=Cc1ccc(N2C(=O)C3CC=C4C(CC5C(=O)N(Nc6ncc(C(F)(F)F)cc6Cl)C(=O)C5(c5ccc(Cl)cc5)C4c4cc(I)c(O)c(OC)c4)C3C2=O)cc1. The molecule has 6 unspecified atom stereocenters. The molecule has 4 aromatic rings. The van der Waals surface area contributed by atoms with Crippen molar-refractivity contribution in [1.29, 1.82) is 0 Å². The largest absolute Gasteiger partial charge is 0.504 e. The third kappa shape index (κ3) is 6.01. The van der Waals surface area contributed by atoms with E-state index in [4.69, 9.17) is 27.9 Å². The highest BCUT2D eigenvalue weighted by Gasteiger charge is 2.70. The summed E-state index contributed by atoms with van der Waals surface area (Å²) in [7, 11) is 1.37. The third-order valence-electron chi connectivity index (χ3n) is 11.5. The average Bonchev–Trinajstić information content (AvgIpc) is 3.57. The highest BCUT2D eigenvalue weighted by molar-refractivity contribution is 14.1. The van der Waals surface area contributed by atoms with Crippen LogP contribution in [0.2, 0.25) is 10.0 Å². The molecule has 0 radical (unpaired) electrons. The van der Waals surface area contributed by atoms with E-state index in [2.05, 4.69) is 17.0 Å². The van der Waals surface area contributed by atoms with Gasteiger partial charge in [0, 0.05) is 17.1 Å². The molecule has 2 aliphatic carbocycles. The molecule has 1 aromatic heterocycles. The number of anilines is 2. The first-order valence-corrected chi connectivity index (χ1v) is 19.5. The quantitative estimate of drug-likeness (QED) is 0.107. The Hall–Kier alpha value is -4.93. The molecule has 3 heterocycles. The van der Waals surface area contributed by atoms with Gasteiger partial charge in [-0.25, -0.2) is 4.98 Å². The first-order chi connectivity index (χ1) is 27.1. The Morgan fingerprint density at radius 3 is 2.33 bits per heavy atom. The molecule has 57 heavy (non-hydrogen) atoms. The van der Waals surface area contributed by atoms with Crippen molar-refractivity contribution >= 4 is 87.0 Å². The minimum Gasteiger partial charge on any atom is -0.504 e. The number of carbonyl (C=O) groups excluding carboxylic acids is 4. The number of hydrazine groups is 1. The Morgan fingerprint density at radius 2 is 1.70 bits per heavy atom. The van der Waals surface area contributed by atoms with E-state index in [1.54, 1.807) is 66.7 Å². The Balaban J connectivity index is 1.32. The van der Waals surface area contributed by atoms with E-state index in [1.165, 1.54) is 12.0 Å². The number of aromatic hydroxyl groups is 1. The fourth-order valence-corrected chi connectivity index (χ4v) is 10.0. The Labute approximate surface area is 347 Å². The number of ether oxygens (including phenoxy) is 1. The number of pyridine rings is 1. The molecular weight excluding hydrogens is 899 g/mol. The smallest absolute Gasteiger partial charge is 0.417 e.